The number of aliphatic imine (C=N–C) groups is 1. The Bertz CT molecular complexity index is 693. The summed E-state index contributed by atoms with van der Waals surface area (Å²) in [5.74, 6) is 2.69. The van der Waals surface area contributed by atoms with Gasteiger partial charge < -0.3 is 20.1 Å². The summed E-state index contributed by atoms with van der Waals surface area (Å²) in [6.45, 7) is 6.29. The Morgan fingerprint density at radius 2 is 2.10 bits per heavy atom. The Morgan fingerprint density at radius 1 is 1.31 bits per heavy atom. The van der Waals surface area contributed by atoms with E-state index >= 15 is 0 Å². The van der Waals surface area contributed by atoms with E-state index in [4.69, 9.17) is 9.47 Å². The molecule has 2 saturated heterocycles. The number of likely N-dealkylation sites (tertiary alicyclic amines) is 1. The molecule has 0 bridgehead atoms. The minimum Gasteiger partial charge on any atom is -0.381 e. The van der Waals surface area contributed by atoms with Gasteiger partial charge in [0, 0.05) is 51.9 Å². The molecular weight excluding hydrogens is 370 g/mol. The Hall–Kier alpha value is -1.71. The average Bonchev–Trinajstić information content (AvgIpc) is 3.42. The van der Waals surface area contributed by atoms with Gasteiger partial charge >= 0.3 is 0 Å². The van der Waals surface area contributed by atoms with Gasteiger partial charge in [0.25, 0.3) is 0 Å². The van der Waals surface area contributed by atoms with Gasteiger partial charge in [0.15, 0.2) is 11.8 Å². The van der Waals surface area contributed by atoms with E-state index in [9.17, 15) is 0 Å². The van der Waals surface area contributed by atoms with Crippen LogP contribution >= 0.6 is 0 Å². The second kappa shape index (κ2) is 9.40. The van der Waals surface area contributed by atoms with Crippen LogP contribution in [-0.4, -0.2) is 84.2 Å². The molecule has 4 rings (SSSR count). The van der Waals surface area contributed by atoms with Gasteiger partial charge in [0.05, 0.1) is 6.54 Å². The largest absolute Gasteiger partial charge is 0.381 e. The molecule has 0 aromatic carbocycles. The van der Waals surface area contributed by atoms with Crippen LogP contribution in [0, 0.1) is 0 Å². The first-order valence-electron chi connectivity index (χ1n) is 10.9. The molecule has 9 heteroatoms. The third-order valence-electron chi connectivity index (χ3n) is 6.53. The van der Waals surface area contributed by atoms with Crippen LogP contribution in [0.4, 0.5) is 0 Å². The van der Waals surface area contributed by atoms with Crippen LogP contribution < -0.4 is 10.6 Å². The van der Waals surface area contributed by atoms with Crippen LogP contribution in [0.15, 0.2) is 4.99 Å². The molecule has 1 atom stereocenters. The molecule has 1 aromatic heterocycles. The lowest BCUT2D eigenvalue weighted by atomic mass is 9.88. The summed E-state index contributed by atoms with van der Waals surface area (Å²) in [6, 6.07) is 0.295. The highest BCUT2D eigenvalue weighted by molar-refractivity contribution is 5.80. The van der Waals surface area contributed by atoms with Gasteiger partial charge in [-0.3, -0.25) is 9.89 Å². The van der Waals surface area contributed by atoms with Gasteiger partial charge in [-0.2, -0.15) is 5.10 Å². The number of hydrogen-bond acceptors (Lipinski definition) is 6. The Kier molecular flexibility index (Phi) is 6.67. The van der Waals surface area contributed by atoms with E-state index in [2.05, 4.69) is 30.6 Å². The van der Waals surface area contributed by atoms with Crippen molar-refractivity contribution in [3.05, 3.63) is 11.6 Å². The third-order valence-corrected chi connectivity index (χ3v) is 6.53. The summed E-state index contributed by atoms with van der Waals surface area (Å²) >= 11 is 0. The summed E-state index contributed by atoms with van der Waals surface area (Å²) in [6.07, 6.45) is 6.74. The number of methoxy groups -OCH3 is 1. The van der Waals surface area contributed by atoms with Crippen LogP contribution in [0.2, 0.25) is 0 Å². The number of fused-ring (bicyclic) bond motifs is 1. The normalized spacial score (nSPS) is 25.0. The van der Waals surface area contributed by atoms with Crippen molar-refractivity contribution in [2.75, 3.05) is 47.0 Å². The Morgan fingerprint density at radius 3 is 2.83 bits per heavy atom. The fraction of sp³-hybridized carbons (Fsp3) is 0.850. The molecule has 4 heterocycles. The van der Waals surface area contributed by atoms with E-state index in [1.807, 2.05) is 11.7 Å². The molecule has 2 fully saturated rings. The molecule has 162 valence electrons. The number of hydrogen-bond donors (Lipinski definition) is 2. The molecule has 9 nitrogen and oxygen atoms in total. The van der Waals surface area contributed by atoms with Crippen LogP contribution in [0.1, 0.15) is 43.8 Å². The van der Waals surface area contributed by atoms with Crippen molar-refractivity contribution in [1.29, 1.82) is 0 Å². The van der Waals surface area contributed by atoms with E-state index in [0.29, 0.717) is 12.6 Å². The van der Waals surface area contributed by atoms with Gasteiger partial charge in [-0.25, -0.2) is 9.67 Å². The maximum atomic E-state index is 5.67. The third kappa shape index (κ3) is 4.73. The van der Waals surface area contributed by atoms with E-state index in [1.54, 1.807) is 7.11 Å². The number of rotatable bonds is 6. The standard InChI is InChI=1S/C20H35N7O2/c1-21-19(22-15-20(7-11-29-12-8-20)26-9-3-4-10-26)23-16-5-6-18-24-17(14-28-2)25-27(18)13-16/h16H,3-15H2,1-2H3,(H2,21,22,23). The van der Waals surface area contributed by atoms with Crippen LogP contribution in [0.3, 0.4) is 0 Å². The zero-order valence-corrected chi connectivity index (χ0v) is 17.8. The number of aromatic nitrogens is 3. The second-order valence-electron chi connectivity index (χ2n) is 8.40. The second-order valence-corrected chi connectivity index (χ2v) is 8.40. The summed E-state index contributed by atoms with van der Waals surface area (Å²) in [5.41, 5.74) is 0.188. The van der Waals surface area contributed by atoms with Crippen LogP contribution in [-0.2, 0) is 29.0 Å². The summed E-state index contributed by atoms with van der Waals surface area (Å²) in [5, 5.41) is 11.8. The quantitative estimate of drug-likeness (QED) is 0.528. The SMILES string of the molecule is CN=C(NCC1(N2CCCC2)CCOCC1)NC1CCc2nc(COC)nn2C1. The topological polar surface area (TPSA) is 88.8 Å². The highest BCUT2D eigenvalue weighted by atomic mass is 16.5. The van der Waals surface area contributed by atoms with Gasteiger partial charge in [0.2, 0.25) is 0 Å². The first kappa shape index (κ1) is 20.6. The number of aryl methyl sites for hydroxylation is 1. The lowest BCUT2D eigenvalue weighted by Gasteiger charge is -2.45. The lowest BCUT2D eigenvalue weighted by Crippen LogP contribution is -2.59. The maximum Gasteiger partial charge on any atom is 0.191 e. The molecule has 3 aliphatic heterocycles. The van der Waals surface area contributed by atoms with E-state index < -0.39 is 0 Å². The van der Waals surface area contributed by atoms with Gasteiger partial charge in [-0.1, -0.05) is 0 Å². The van der Waals surface area contributed by atoms with Crippen molar-refractivity contribution in [3.63, 3.8) is 0 Å². The number of guanidine groups is 1. The van der Waals surface area contributed by atoms with Crippen molar-refractivity contribution >= 4 is 5.96 Å². The molecule has 2 N–H and O–H groups in total. The average molecular weight is 406 g/mol. The summed E-state index contributed by atoms with van der Waals surface area (Å²) in [7, 11) is 3.52. The lowest BCUT2D eigenvalue weighted by molar-refractivity contribution is -0.0164. The Labute approximate surface area is 173 Å². The van der Waals surface area contributed by atoms with Crippen LogP contribution in [0.5, 0.6) is 0 Å². The highest BCUT2D eigenvalue weighted by Crippen LogP contribution is 2.30. The Balaban J connectivity index is 1.34. The molecule has 0 radical (unpaired) electrons. The molecule has 29 heavy (non-hydrogen) atoms. The zero-order chi connectivity index (χ0) is 20.1. The first-order valence-corrected chi connectivity index (χ1v) is 10.9. The minimum atomic E-state index is 0.188. The molecule has 0 saturated carbocycles. The number of nitrogens with one attached hydrogen (secondary N) is 2. The van der Waals surface area contributed by atoms with E-state index in [-0.39, 0.29) is 5.54 Å². The fourth-order valence-electron chi connectivity index (χ4n) is 4.85. The van der Waals surface area contributed by atoms with E-state index in [0.717, 1.165) is 69.6 Å². The van der Waals surface area contributed by atoms with Crippen molar-refractivity contribution in [2.24, 2.45) is 4.99 Å². The van der Waals surface area contributed by atoms with Crippen molar-refractivity contribution in [3.8, 4) is 0 Å². The van der Waals surface area contributed by atoms with E-state index in [1.165, 1.54) is 25.9 Å². The fourth-order valence-corrected chi connectivity index (χ4v) is 4.85. The molecule has 1 aromatic rings. The predicted molar refractivity (Wildman–Crippen MR) is 111 cm³/mol. The summed E-state index contributed by atoms with van der Waals surface area (Å²) in [4.78, 5) is 11.7. The smallest absolute Gasteiger partial charge is 0.191 e. The molecule has 0 amide bonds. The molecule has 0 spiro atoms. The maximum absolute atomic E-state index is 5.67. The van der Waals surface area contributed by atoms with Gasteiger partial charge in [-0.05, 0) is 45.2 Å². The minimum absolute atomic E-state index is 0.188. The first-order chi connectivity index (χ1) is 14.2. The summed E-state index contributed by atoms with van der Waals surface area (Å²) < 4.78 is 12.8. The predicted octanol–water partition coefficient (Wildman–Crippen LogP) is 0.549. The van der Waals surface area contributed by atoms with Crippen LogP contribution in [0.25, 0.3) is 0 Å². The highest BCUT2D eigenvalue weighted by Gasteiger charge is 2.39. The number of ether oxygens (including phenoxy) is 2. The monoisotopic (exact) mass is 405 g/mol. The van der Waals surface area contributed by atoms with Crippen molar-refractivity contribution in [1.82, 2.24) is 30.3 Å². The number of nitrogens with zero attached hydrogens (tertiary/aromatic N) is 5. The molecule has 1 unspecified atom stereocenters. The zero-order valence-electron chi connectivity index (χ0n) is 17.8. The van der Waals surface area contributed by atoms with Gasteiger partial charge in [-0.15, -0.1) is 0 Å². The van der Waals surface area contributed by atoms with Crippen molar-refractivity contribution < 1.29 is 9.47 Å². The van der Waals surface area contributed by atoms with Gasteiger partial charge in [0.1, 0.15) is 12.4 Å². The molecular formula is C20H35N7O2. The van der Waals surface area contributed by atoms with Crippen molar-refractivity contribution in [2.45, 2.75) is 63.3 Å². The molecule has 0 aliphatic carbocycles. The molecule has 3 aliphatic rings.